The van der Waals surface area contributed by atoms with Crippen molar-refractivity contribution < 1.29 is 4.79 Å². The third-order valence-electron chi connectivity index (χ3n) is 5.99. The van der Waals surface area contributed by atoms with Gasteiger partial charge in [0, 0.05) is 17.7 Å². The Kier molecular flexibility index (Phi) is 4.87. The summed E-state index contributed by atoms with van der Waals surface area (Å²) in [6.45, 7) is 0. The smallest absolute Gasteiger partial charge is 0.279 e. The highest BCUT2D eigenvalue weighted by molar-refractivity contribution is 6.03. The fraction of sp³-hybridized carbons (Fsp3) is 0.455. The van der Waals surface area contributed by atoms with Crippen molar-refractivity contribution in [3.05, 3.63) is 53.5 Å². The second-order valence-electron chi connectivity index (χ2n) is 8.29. The van der Waals surface area contributed by atoms with Gasteiger partial charge in [-0.2, -0.15) is 5.10 Å². The normalized spacial score (nSPS) is 17.4. The maximum Gasteiger partial charge on any atom is 0.279 e. The summed E-state index contributed by atoms with van der Waals surface area (Å²) in [5.74, 6) is 1.37. The third kappa shape index (κ3) is 3.95. The van der Waals surface area contributed by atoms with Crippen molar-refractivity contribution in [3.63, 3.8) is 0 Å². The molecule has 7 nitrogen and oxygen atoms in total. The number of amides is 1. The molecule has 0 spiro atoms. The molecule has 0 saturated heterocycles. The van der Waals surface area contributed by atoms with E-state index >= 15 is 0 Å². The molecule has 3 aromatic rings. The van der Waals surface area contributed by atoms with Crippen LogP contribution in [0.5, 0.6) is 0 Å². The molecule has 1 amide bonds. The first-order valence-electron chi connectivity index (χ1n) is 10.6. The van der Waals surface area contributed by atoms with Crippen molar-refractivity contribution in [1.82, 2.24) is 25.2 Å². The Morgan fingerprint density at radius 2 is 1.90 bits per heavy atom. The molecule has 0 radical (unpaired) electrons. The predicted octanol–water partition coefficient (Wildman–Crippen LogP) is 4.24. The highest BCUT2D eigenvalue weighted by Gasteiger charge is 2.34. The largest absolute Gasteiger partial charge is 0.304 e. The van der Waals surface area contributed by atoms with Gasteiger partial charge >= 0.3 is 0 Å². The lowest BCUT2D eigenvalue weighted by Gasteiger charge is -2.20. The Balaban J connectivity index is 1.32. The van der Waals surface area contributed by atoms with Crippen molar-refractivity contribution in [2.45, 2.75) is 57.3 Å². The molecule has 0 bridgehead atoms. The minimum atomic E-state index is -0.246. The average molecular weight is 390 g/mol. The van der Waals surface area contributed by atoms with Crippen LogP contribution in [0, 0.1) is 5.92 Å². The quantitative estimate of drug-likeness (QED) is 0.659. The molecule has 2 saturated carbocycles. The Morgan fingerprint density at radius 3 is 2.66 bits per heavy atom. The van der Waals surface area contributed by atoms with E-state index in [9.17, 15) is 4.79 Å². The summed E-state index contributed by atoms with van der Waals surface area (Å²) < 4.78 is 1.80. The van der Waals surface area contributed by atoms with Gasteiger partial charge in [-0.15, -0.1) is 5.10 Å². The highest BCUT2D eigenvalue weighted by atomic mass is 16.2. The van der Waals surface area contributed by atoms with Crippen LogP contribution in [0.3, 0.4) is 0 Å². The van der Waals surface area contributed by atoms with Crippen molar-refractivity contribution in [2.24, 2.45) is 5.92 Å². The van der Waals surface area contributed by atoms with Gasteiger partial charge in [0.15, 0.2) is 11.5 Å². The van der Waals surface area contributed by atoms with E-state index in [2.05, 4.69) is 25.8 Å². The lowest BCUT2D eigenvalue weighted by atomic mass is 9.86. The summed E-state index contributed by atoms with van der Waals surface area (Å²) in [4.78, 5) is 12.9. The zero-order valence-corrected chi connectivity index (χ0v) is 16.5. The highest BCUT2D eigenvalue weighted by Crippen LogP contribution is 2.42. The summed E-state index contributed by atoms with van der Waals surface area (Å²) >= 11 is 0. The minimum Gasteiger partial charge on any atom is -0.304 e. The van der Waals surface area contributed by atoms with Crippen LogP contribution < -0.4 is 5.32 Å². The molecular formula is C22H26N6O. The van der Waals surface area contributed by atoms with Gasteiger partial charge in [-0.1, -0.05) is 55.5 Å². The number of nitrogens with zero attached hydrogens (tertiary/aromatic N) is 4. The van der Waals surface area contributed by atoms with Crippen LogP contribution in [0.2, 0.25) is 0 Å². The number of para-hydroxylation sites is 1. The molecule has 2 aliphatic carbocycles. The molecule has 5 rings (SSSR count). The second kappa shape index (κ2) is 7.81. The summed E-state index contributed by atoms with van der Waals surface area (Å²) in [5.41, 5.74) is 3.30. The van der Waals surface area contributed by atoms with Crippen molar-refractivity contribution in [2.75, 3.05) is 5.32 Å². The molecule has 2 heterocycles. The topological polar surface area (TPSA) is 88.5 Å². The molecular weight excluding hydrogens is 364 g/mol. The van der Waals surface area contributed by atoms with Crippen LogP contribution in [0.4, 0.5) is 5.82 Å². The Labute approximate surface area is 169 Å². The first kappa shape index (κ1) is 18.1. The number of carbonyl (C=O) groups is 1. The summed E-state index contributed by atoms with van der Waals surface area (Å²) in [5, 5.41) is 18.8. The number of aromatic nitrogens is 5. The molecule has 29 heavy (non-hydrogen) atoms. The van der Waals surface area contributed by atoms with Crippen LogP contribution in [0.25, 0.3) is 5.69 Å². The number of aromatic amines is 1. The van der Waals surface area contributed by atoms with Crippen LogP contribution >= 0.6 is 0 Å². The molecule has 150 valence electrons. The molecule has 0 unspecified atom stereocenters. The number of hydrogen-bond donors (Lipinski definition) is 2. The Hall–Kier alpha value is -2.96. The van der Waals surface area contributed by atoms with E-state index < -0.39 is 0 Å². The number of H-pyrrole nitrogens is 1. The maximum atomic E-state index is 12.9. The SMILES string of the molecule is O=C(Nc1cc(CC2CCCCC2)[nH]n1)c1nnn(-c2ccccc2)c1C1CC1. The van der Waals surface area contributed by atoms with Crippen LogP contribution in [-0.4, -0.2) is 31.1 Å². The molecule has 7 heteroatoms. The van der Waals surface area contributed by atoms with Crippen molar-refractivity contribution >= 4 is 11.7 Å². The van der Waals surface area contributed by atoms with Gasteiger partial charge in [-0.3, -0.25) is 9.89 Å². The summed E-state index contributed by atoms with van der Waals surface area (Å²) in [6, 6.07) is 11.8. The van der Waals surface area contributed by atoms with E-state index in [1.54, 1.807) is 4.68 Å². The first-order chi connectivity index (χ1) is 14.3. The lowest BCUT2D eigenvalue weighted by molar-refractivity contribution is 0.102. The van der Waals surface area contributed by atoms with Crippen molar-refractivity contribution in [1.29, 1.82) is 0 Å². The van der Waals surface area contributed by atoms with Crippen LogP contribution in [-0.2, 0) is 6.42 Å². The van der Waals surface area contributed by atoms with Gasteiger partial charge in [0.1, 0.15) is 0 Å². The monoisotopic (exact) mass is 390 g/mol. The first-order valence-corrected chi connectivity index (χ1v) is 10.6. The predicted molar refractivity (Wildman–Crippen MR) is 110 cm³/mol. The van der Waals surface area contributed by atoms with Crippen molar-refractivity contribution in [3.8, 4) is 5.69 Å². The minimum absolute atomic E-state index is 0.246. The van der Waals surface area contributed by atoms with E-state index in [0.717, 1.165) is 42.3 Å². The fourth-order valence-corrected chi connectivity index (χ4v) is 4.34. The number of carbonyl (C=O) groups excluding carboxylic acids is 1. The lowest BCUT2D eigenvalue weighted by Crippen LogP contribution is -2.15. The zero-order valence-electron chi connectivity index (χ0n) is 16.5. The maximum absolute atomic E-state index is 12.9. The second-order valence-corrected chi connectivity index (χ2v) is 8.29. The molecule has 1 aromatic carbocycles. The number of hydrogen-bond acceptors (Lipinski definition) is 4. The fourth-order valence-electron chi connectivity index (χ4n) is 4.34. The average Bonchev–Trinajstić information content (AvgIpc) is 3.34. The van der Waals surface area contributed by atoms with Gasteiger partial charge < -0.3 is 5.32 Å². The van der Waals surface area contributed by atoms with Gasteiger partial charge in [0.05, 0.1) is 11.4 Å². The number of benzene rings is 1. The van der Waals surface area contributed by atoms with E-state index in [1.165, 1.54) is 32.1 Å². The zero-order chi connectivity index (χ0) is 19.6. The van der Waals surface area contributed by atoms with Gasteiger partial charge in [-0.05, 0) is 37.3 Å². The van der Waals surface area contributed by atoms with E-state index in [1.807, 2.05) is 36.4 Å². The molecule has 2 N–H and O–H groups in total. The van der Waals surface area contributed by atoms with E-state index in [0.29, 0.717) is 17.4 Å². The van der Waals surface area contributed by atoms with Gasteiger partial charge in [0.2, 0.25) is 0 Å². The van der Waals surface area contributed by atoms with Gasteiger partial charge in [0.25, 0.3) is 5.91 Å². The number of anilines is 1. The molecule has 0 atom stereocenters. The number of rotatable bonds is 6. The van der Waals surface area contributed by atoms with Gasteiger partial charge in [-0.25, -0.2) is 4.68 Å². The molecule has 0 aliphatic heterocycles. The van der Waals surface area contributed by atoms with E-state index in [-0.39, 0.29) is 5.91 Å². The van der Waals surface area contributed by atoms with E-state index in [4.69, 9.17) is 0 Å². The third-order valence-corrected chi connectivity index (χ3v) is 5.99. The molecule has 2 fully saturated rings. The summed E-state index contributed by atoms with van der Waals surface area (Å²) in [6.07, 6.45) is 9.70. The standard InChI is InChI=1S/C22H26N6O/c29-22(23-19-14-17(24-25-19)13-15-7-3-1-4-8-15)20-21(16-11-12-16)28(27-26-20)18-9-5-2-6-10-18/h2,5-6,9-10,14-16H,1,3-4,7-8,11-13H2,(H2,23,24,25,29). The number of nitrogens with one attached hydrogen (secondary N) is 2. The Bertz CT molecular complexity index is 982. The van der Waals surface area contributed by atoms with Crippen LogP contribution in [0.15, 0.2) is 36.4 Å². The van der Waals surface area contributed by atoms with Crippen LogP contribution in [0.1, 0.15) is 72.7 Å². The summed E-state index contributed by atoms with van der Waals surface area (Å²) in [7, 11) is 0. The molecule has 2 aromatic heterocycles. The molecule has 2 aliphatic rings. The Morgan fingerprint density at radius 1 is 1.10 bits per heavy atom.